The number of aliphatic imine (C=N–C) groups is 1. The average molecular weight is 352 g/mol. The molecule has 1 nitrogen and oxygen atoms in total. The molecule has 0 aliphatic carbocycles. The van der Waals surface area contributed by atoms with Crippen LogP contribution in [0.25, 0.3) is 0 Å². The second-order valence-electron chi connectivity index (χ2n) is 6.13. The zero-order chi connectivity index (χ0) is 17.9. The summed E-state index contributed by atoms with van der Waals surface area (Å²) in [5, 5.41) is 2.18. The largest absolute Gasteiger partial charge is 0.252 e. The van der Waals surface area contributed by atoms with E-state index in [9.17, 15) is 0 Å². The summed E-state index contributed by atoms with van der Waals surface area (Å²) in [5.74, 6) is 0. The second-order valence-corrected chi connectivity index (χ2v) is 7.04. The number of hydrogen-bond acceptors (Lipinski definition) is 2. The monoisotopic (exact) mass is 351 g/mol. The first kappa shape index (κ1) is 19.5. The molecular weight excluding hydrogens is 322 g/mol. The molecule has 0 saturated heterocycles. The summed E-state index contributed by atoms with van der Waals surface area (Å²) >= 11 is 1.78. The predicted molar refractivity (Wildman–Crippen MR) is 113 cm³/mol. The third-order valence-corrected chi connectivity index (χ3v) is 4.97. The third kappa shape index (κ3) is 6.21. The van der Waals surface area contributed by atoms with Crippen molar-refractivity contribution in [3.05, 3.63) is 76.9 Å². The van der Waals surface area contributed by atoms with Crippen LogP contribution < -0.4 is 0 Å². The van der Waals surface area contributed by atoms with E-state index in [0.29, 0.717) is 0 Å². The van der Waals surface area contributed by atoms with Crippen molar-refractivity contribution in [3.63, 3.8) is 0 Å². The lowest BCUT2D eigenvalue weighted by Gasteiger charge is -2.08. The van der Waals surface area contributed by atoms with E-state index in [1.54, 1.807) is 11.8 Å². The van der Waals surface area contributed by atoms with E-state index in [1.807, 2.05) is 0 Å². The number of hydrogen-bond donors (Lipinski definition) is 0. The highest BCUT2D eigenvalue weighted by Crippen LogP contribution is 2.31. The van der Waals surface area contributed by atoms with Crippen molar-refractivity contribution in [2.75, 3.05) is 0 Å². The molecule has 1 heterocycles. The molecule has 0 atom stereocenters. The number of allylic oxidation sites excluding steroid dienone is 6. The van der Waals surface area contributed by atoms with Crippen molar-refractivity contribution in [2.45, 2.75) is 57.8 Å². The molecule has 25 heavy (non-hydrogen) atoms. The fourth-order valence-electron chi connectivity index (χ4n) is 2.74. The van der Waals surface area contributed by atoms with Gasteiger partial charge in [-0.05, 0) is 43.9 Å². The number of thioether (sulfide) groups is 1. The molecule has 0 aromatic heterocycles. The molecule has 2 heteroatoms. The van der Waals surface area contributed by atoms with E-state index in [4.69, 9.17) is 4.99 Å². The Kier molecular flexibility index (Phi) is 8.54. The van der Waals surface area contributed by atoms with Gasteiger partial charge in [0.1, 0.15) is 0 Å². The Hall–Kier alpha value is -1.80. The minimum absolute atomic E-state index is 1.04. The van der Waals surface area contributed by atoms with Gasteiger partial charge in [0.25, 0.3) is 0 Å². The number of fused-ring (bicyclic) bond motifs is 1. The number of unbranched alkanes of at least 4 members (excludes halogenated alkanes) is 2. The van der Waals surface area contributed by atoms with Crippen LogP contribution in [0.15, 0.2) is 81.2 Å². The average Bonchev–Trinajstić information content (AvgIpc) is 2.80. The van der Waals surface area contributed by atoms with E-state index >= 15 is 0 Å². The third-order valence-electron chi connectivity index (χ3n) is 4.01. The summed E-state index contributed by atoms with van der Waals surface area (Å²) in [6, 6.07) is 8.63. The van der Waals surface area contributed by atoms with Gasteiger partial charge in [-0.2, -0.15) is 0 Å². The smallest absolute Gasteiger partial charge is 0.0705 e. The van der Waals surface area contributed by atoms with E-state index in [0.717, 1.165) is 18.5 Å². The Balaban J connectivity index is 2.36. The predicted octanol–water partition coefficient (Wildman–Crippen LogP) is 7.47. The molecule has 0 bridgehead atoms. The SMILES string of the molecule is C\C=C/C(/C=C/CC)=C\C1=CSc2ccccc2C(CCCCC)=N1. The Morgan fingerprint density at radius 2 is 1.96 bits per heavy atom. The molecule has 0 unspecified atom stereocenters. The highest BCUT2D eigenvalue weighted by molar-refractivity contribution is 8.02. The van der Waals surface area contributed by atoms with Gasteiger partial charge in [-0.3, -0.25) is 4.99 Å². The molecular formula is C23H29NS. The number of nitrogens with zero attached hydrogens (tertiary/aromatic N) is 1. The van der Waals surface area contributed by atoms with Crippen LogP contribution in [0.5, 0.6) is 0 Å². The maximum atomic E-state index is 5.03. The molecule has 0 spiro atoms. The van der Waals surface area contributed by atoms with Crippen LogP contribution >= 0.6 is 11.8 Å². The van der Waals surface area contributed by atoms with Crippen LogP contribution in [0.4, 0.5) is 0 Å². The van der Waals surface area contributed by atoms with Gasteiger partial charge in [0, 0.05) is 21.6 Å². The highest BCUT2D eigenvalue weighted by atomic mass is 32.2. The van der Waals surface area contributed by atoms with Crippen LogP contribution in [0.1, 0.15) is 58.4 Å². The summed E-state index contributed by atoms with van der Waals surface area (Å²) < 4.78 is 0. The van der Waals surface area contributed by atoms with Crippen LogP contribution in [0.3, 0.4) is 0 Å². The topological polar surface area (TPSA) is 12.4 Å². The van der Waals surface area contributed by atoms with E-state index in [2.05, 4.69) is 80.8 Å². The maximum absolute atomic E-state index is 5.03. The maximum Gasteiger partial charge on any atom is 0.0705 e. The Morgan fingerprint density at radius 1 is 1.12 bits per heavy atom. The van der Waals surface area contributed by atoms with E-state index in [-0.39, 0.29) is 0 Å². The fourth-order valence-corrected chi connectivity index (χ4v) is 3.58. The van der Waals surface area contributed by atoms with Gasteiger partial charge in [0.05, 0.1) is 5.70 Å². The highest BCUT2D eigenvalue weighted by Gasteiger charge is 2.13. The molecule has 1 aromatic carbocycles. The summed E-state index contributed by atoms with van der Waals surface area (Å²) in [5.41, 5.74) is 4.75. The molecule has 1 aliphatic heterocycles. The first-order valence-electron chi connectivity index (χ1n) is 9.33. The molecule has 1 aliphatic rings. The Morgan fingerprint density at radius 3 is 2.72 bits per heavy atom. The molecule has 0 saturated carbocycles. The fraction of sp³-hybridized carbons (Fsp3) is 0.348. The number of benzene rings is 1. The molecule has 2 rings (SSSR count). The van der Waals surface area contributed by atoms with Crippen molar-refractivity contribution >= 4 is 17.5 Å². The van der Waals surface area contributed by atoms with Crippen molar-refractivity contribution in [3.8, 4) is 0 Å². The van der Waals surface area contributed by atoms with Crippen molar-refractivity contribution < 1.29 is 0 Å². The minimum Gasteiger partial charge on any atom is -0.252 e. The van der Waals surface area contributed by atoms with Gasteiger partial charge in [-0.15, -0.1) is 0 Å². The minimum atomic E-state index is 1.04. The zero-order valence-corrected chi connectivity index (χ0v) is 16.5. The lowest BCUT2D eigenvalue weighted by Crippen LogP contribution is -2.02. The van der Waals surface area contributed by atoms with Gasteiger partial charge < -0.3 is 0 Å². The first-order valence-corrected chi connectivity index (χ1v) is 10.2. The lowest BCUT2D eigenvalue weighted by molar-refractivity contribution is 0.741. The van der Waals surface area contributed by atoms with Crippen LogP contribution in [-0.2, 0) is 0 Å². The molecule has 1 aromatic rings. The number of rotatable bonds is 8. The van der Waals surface area contributed by atoms with Gasteiger partial charge in [-0.25, -0.2) is 0 Å². The molecule has 0 amide bonds. The normalized spacial score (nSPS) is 15.2. The standard InChI is InChI=1S/C23H29NS/c1-4-7-9-15-22-21-14-10-11-16-23(21)25-18-20(24-22)17-19(12-6-3)13-8-5-2/h6,8,10-14,16-18H,4-5,7,9,15H2,1-3H3/b12-6-,13-8+,19-17+. The second kappa shape index (κ2) is 10.9. The van der Waals surface area contributed by atoms with E-state index < -0.39 is 0 Å². The van der Waals surface area contributed by atoms with E-state index in [1.165, 1.54) is 41.0 Å². The summed E-state index contributed by atoms with van der Waals surface area (Å²) in [7, 11) is 0. The quantitative estimate of drug-likeness (QED) is 0.349. The van der Waals surface area contributed by atoms with Crippen LogP contribution in [0, 0.1) is 0 Å². The lowest BCUT2D eigenvalue weighted by atomic mass is 10.0. The Bertz CT molecular complexity index is 705. The molecule has 0 fully saturated rings. The zero-order valence-electron chi connectivity index (χ0n) is 15.7. The van der Waals surface area contributed by atoms with Gasteiger partial charge in [0.2, 0.25) is 0 Å². The molecule has 132 valence electrons. The summed E-state index contributed by atoms with van der Waals surface area (Å²) in [4.78, 5) is 6.34. The van der Waals surface area contributed by atoms with Crippen molar-refractivity contribution in [1.29, 1.82) is 0 Å². The van der Waals surface area contributed by atoms with Crippen LogP contribution in [0.2, 0.25) is 0 Å². The van der Waals surface area contributed by atoms with Crippen LogP contribution in [-0.4, -0.2) is 5.71 Å². The Labute approximate surface area is 157 Å². The van der Waals surface area contributed by atoms with Gasteiger partial charge in [-0.1, -0.05) is 81.0 Å². The summed E-state index contributed by atoms with van der Waals surface area (Å²) in [6.45, 7) is 6.46. The molecule has 0 N–H and O–H groups in total. The first-order chi connectivity index (χ1) is 12.3. The molecule has 0 radical (unpaired) electrons. The van der Waals surface area contributed by atoms with Gasteiger partial charge in [0.15, 0.2) is 0 Å². The van der Waals surface area contributed by atoms with Gasteiger partial charge >= 0.3 is 0 Å². The van der Waals surface area contributed by atoms with Crippen molar-refractivity contribution in [1.82, 2.24) is 0 Å². The van der Waals surface area contributed by atoms with Crippen molar-refractivity contribution in [2.24, 2.45) is 4.99 Å². The summed E-state index contributed by atoms with van der Waals surface area (Å²) in [6.07, 6.45) is 16.5.